The predicted molar refractivity (Wildman–Crippen MR) is 125 cm³/mol. The van der Waals surface area contributed by atoms with Gasteiger partial charge in [0.15, 0.2) is 5.75 Å². The standard InChI is InChI=1S/C27H19FO2S/c28-22-9-6-10-23(17-22)30-26-24-11-4-5-12-25(24)31-27(26)29-18-19-13-15-21(16-14-19)20-7-2-1-3-8-20/h1-17H,18H2. The number of fused-ring (bicyclic) bond motifs is 1. The fourth-order valence-electron chi connectivity index (χ4n) is 3.41. The fourth-order valence-corrected chi connectivity index (χ4v) is 4.39. The third-order valence-corrected chi connectivity index (χ3v) is 6.03. The minimum Gasteiger partial charge on any atom is -0.476 e. The van der Waals surface area contributed by atoms with Crippen molar-refractivity contribution < 1.29 is 13.9 Å². The first-order valence-corrected chi connectivity index (χ1v) is 10.8. The average molecular weight is 427 g/mol. The van der Waals surface area contributed by atoms with Gasteiger partial charge in [-0.15, -0.1) is 0 Å². The van der Waals surface area contributed by atoms with Gasteiger partial charge in [-0.1, -0.05) is 84.1 Å². The SMILES string of the molecule is Fc1cccc(Oc2c(OCc3ccc(-c4ccccc4)cc3)sc3ccccc23)c1. The van der Waals surface area contributed by atoms with E-state index in [2.05, 4.69) is 36.4 Å². The van der Waals surface area contributed by atoms with Crippen LogP contribution < -0.4 is 9.47 Å². The summed E-state index contributed by atoms with van der Waals surface area (Å²) in [6.45, 7) is 0.418. The molecule has 0 aliphatic rings. The third-order valence-electron chi connectivity index (χ3n) is 4.97. The largest absolute Gasteiger partial charge is 0.476 e. The third kappa shape index (κ3) is 4.30. The minimum atomic E-state index is -0.335. The molecular formula is C27H19FO2S. The molecule has 152 valence electrons. The second kappa shape index (κ2) is 8.62. The van der Waals surface area contributed by atoms with Crippen LogP contribution in [0.25, 0.3) is 21.2 Å². The molecule has 0 spiro atoms. The Morgan fingerprint density at radius 3 is 2.26 bits per heavy atom. The normalized spacial score (nSPS) is 10.9. The van der Waals surface area contributed by atoms with Crippen molar-refractivity contribution >= 4 is 21.4 Å². The number of ether oxygens (including phenoxy) is 2. The van der Waals surface area contributed by atoms with Gasteiger partial charge >= 0.3 is 0 Å². The topological polar surface area (TPSA) is 18.5 Å². The van der Waals surface area contributed by atoms with Gasteiger partial charge in [0.25, 0.3) is 0 Å². The summed E-state index contributed by atoms with van der Waals surface area (Å²) in [4.78, 5) is 0. The number of hydrogen-bond acceptors (Lipinski definition) is 3. The van der Waals surface area contributed by atoms with Crippen LogP contribution in [0.4, 0.5) is 4.39 Å². The van der Waals surface area contributed by atoms with Crippen molar-refractivity contribution in [2.45, 2.75) is 6.61 Å². The molecule has 5 rings (SSSR count). The van der Waals surface area contributed by atoms with Crippen molar-refractivity contribution in [2.75, 3.05) is 0 Å². The highest BCUT2D eigenvalue weighted by Gasteiger charge is 2.16. The van der Waals surface area contributed by atoms with Crippen molar-refractivity contribution in [1.29, 1.82) is 0 Å². The molecule has 0 atom stereocenters. The zero-order valence-electron chi connectivity index (χ0n) is 16.6. The van der Waals surface area contributed by atoms with Crippen LogP contribution in [0.3, 0.4) is 0 Å². The molecule has 0 unspecified atom stereocenters. The highest BCUT2D eigenvalue weighted by Crippen LogP contribution is 2.46. The number of hydrogen-bond donors (Lipinski definition) is 0. The lowest BCUT2D eigenvalue weighted by atomic mass is 10.0. The van der Waals surface area contributed by atoms with Crippen molar-refractivity contribution in [3.05, 3.63) is 115 Å². The first-order chi connectivity index (χ1) is 15.3. The maximum atomic E-state index is 13.6. The maximum absolute atomic E-state index is 13.6. The lowest BCUT2D eigenvalue weighted by Gasteiger charge is -2.10. The summed E-state index contributed by atoms with van der Waals surface area (Å²) in [5, 5.41) is 1.63. The molecule has 0 radical (unpaired) electrons. The summed E-state index contributed by atoms with van der Waals surface area (Å²) in [5.74, 6) is 0.728. The molecular weight excluding hydrogens is 407 g/mol. The van der Waals surface area contributed by atoms with Crippen LogP contribution in [0.15, 0.2) is 103 Å². The smallest absolute Gasteiger partial charge is 0.219 e. The van der Waals surface area contributed by atoms with Gasteiger partial charge in [0.05, 0.1) is 0 Å². The van der Waals surface area contributed by atoms with Crippen molar-refractivity contribution in [3.8, 4) is 27.7 Å². The Bertz CT molecular complexity index is 1310. The molecule has 2 nitrogen and oxygen atoms in total. The Kier molecular flexibility index (Phi) is 5.38. The summed E-state index contributed by atoms with van der Waals surface area (Å²) in [6, 6.07) is 32.7. The van der Waals surface area contributed by atoms with E-state index in [1.54, 1.807) is 12.1 Å². The van der Waals surface area contributed by atoms with E-state index in [-0.39, 0.29) is 5.82 Å². The molecule has 5 aromatic rings. The molecule has 1 aromatic heterocycles. The van der Waals surface area contributed by atoms with Gasteiger partial charge < -0.3 is 9.47 Å². The van der Waals surface area contributed by atoms with E-state index < -0.39 is 0 Å². The maximum Gasteiger partial charge on any atom is 0.219 e. The molecule has 0 fully saturated rings. The van der Waals surface area contributed by atoms with E-state index in [4.69, 9.17) is 9.47 Å². The van der Waals surface area contributed by atoms with Crippen molar-refractivity contribution in [1.82, 2.24) is 0 Å². The summed E-state index contributed by atoms with van der Waals surface area (Å²) >= 11 is 1.53. The Morgan fingerprint density at radius 1 is 0.710 bits per heavy atom. The molecule has 0 saturated heterocycles. The lowest BCUT2D eigenvalue weighted by Crippen LogP contribution is -1.95. The number of rotatable bonds is 6. The molecule has 4 heteroatoms. The fraction of sp³-hybridized carbons (Fsp3) is 0.0370. The summed E-state index contributed by atoms with van der Waals surface area (Å²) in [7, 11) is 0. The van der Waals surface area contributed by atoms with Crippen LogP contribution in [-0.2, 0) is 6.61 Å². The Morgan fingerprint density at radius 2 is 1.45 bits per heavy atom. The summed E-state index contributed by atoms with van der Waals surface area (Å²) in [5.41, 5.74) is 3.42. The molecule has 0 aliphatic heterocycles. The van der Waals surface area contributed by atoms with Gasteiger partial charge in [0.1, 0.15) is 18.2 Å². The van der Waals surface area contributed by atoms with Gasteiger partial charge in [-0.3, -0.25) is 0 Å². The van der Waals surface area contributed by atoms with Crippen LogP contribution in [0.5, 0.6) is 16.6 Å². The van der Waals surface area contributed by atoms with E-state index in [0.29, 0.717) is 23.2 Å². The summed E-state index contributed by atoms with van der Waals surface area (Å²) < 4.78 is 26.9. The van der Waals surface area contributed by atoms with E-state index in [0.717, 1.165) is 15.6 Å². The average Bonchev–Trinajstić information content (AvgIpc) is 3.16. The number of benzene rings is 4. The zero-order chi connectivity index (χ0) is 21.0. The molecule has 4 aromatic carbocycles. The minimum absolute atomic E-state index is 0.335. The van der Waals surface area contributed by atoms with Crippen LogP contribution in [0.1, 0.15) is 5.56 Å². The monoisotopic (exact) mass is 426 g/mol. The first-order valence-electron chi connectivity index (χ1n) is 9.98. The van der Waals surface area contributed by atoms with Gasteiger partial charge in [-0.25, -0.2) is 4.39 Å². The molecule has 0 saturated carbocycles. The van der Waals surface area contributed by atoms with Gasteiger partial charge in [-0.05, 0) is 41.0 Å². The highest BCUT2D eigenvalue weighted by atomic mass is 32.1. The second-order valence-corrected chi connectivity index (χ2v) is 8.14. The molecule has 0 aliphatic carbocycles. The second-order valence-electron chi connectivity index (χ2n) is 7.13. The van der Waals surface area contributed by atoms with Crippen LogP contribution in [-0.4, -0.2) is 0 Å². The van der Waals surface area contributed by atoms with E-state index in [1.165, 1.54) is 34.6 Å². The highest BCUT2D eigenvalue weighted by molar-refractivity contribution is 7.21. The zero-order valence-corrected chi connectivity index (χ0v) is 17.4. The molecule has 0 N–H and O–H groups in total. The van der Waals surface area contributed by atoms with Gasteiger partial charge in [-0.2, -0.15) is 0 Å². The van der Waals surface area contributed by atoms with E-state index >= 15 is 0 Å². The van der Waals surface area contributed by atoms with Crippen molar-refractivity contribution in [2.24, 2.45) is 0 Å². The van der Waals surface area contributed by atoms with Gasteiger partial charge in [0, 0.05) is 16.2 Å². The van der Waals surface area contributed by atoms with Crippen LogP contribution in [0.2, 0.25) is 0 Å². The molecule has 0 bridgehead atoms. The van der Waals surface area contributed by atoms with Gasteiger partial charge in [0.2, 0.25) is 5.06 Å². The van der Waals surface area contributed by atoms with Crippen LogP contribution in [0, 0.1) is 5.82 Å². The predicted octanol–water partition coefficient (Wildman–Crippen LogP) is 8.08. The number of thiophene rings is 1. The van der Waals surface area contributed by atoms with Crippen molar-refractivity contribution in [3.63, 3.8) is 0 Å². The Hall–Kier alpha value is -3.63. The van der Waals surface area contributed by atoms with E-state index in [9.17, 15) is 4.39 Å². The Balaban J connectivity index is 1.39. The number of halogens is 1. The van der Waals surface area contributed by atoms with Crippen LogP contribution >= 0.6 is 11.3 Å². The lowest BCUT2D eigenvalue weighted by molar-refractivity contribution is 0.302. The Labute approximate surface area is 184 Å². The molecule has 1 heterocycles. The van der Waals surface area contributed by atoms with E-state index in [1.807, 2.05) is 42.5 Å². The quantitative estimate of drug-likeness (QED) is 0.273. The molecule has 31 heavy (non-hydrogen) atoms. The summed E-state index contributed by atoms with van der Waals surface area (Å²) in [6.07, 6.45) is 0. The first kappa shape index (κ1) is 19.3. The molecule has 0 amide bonds.